The molecule has 102 valence electrons. The van der Waals surface area contributed by atoms with Crippen LogP contribution in [0.1, 0.15) is 0 Å². The maximum absolute atomic E-state index is 13.6. The van der Waals surface area contributed by atoms with E-state index in [1.807, 2.05) is 0 Å². The predicted octanol–water partition coefficient (Wildman–Crippen LogP) is 0.782. The number of hydrogen-bond donors (Lipinski definition) is 2. The molecule has 0 amide bonds. The SMILES string of the molecule is NS(=O)(=O)c1ccc(NCCn2cccn2)c(F)c1. The summed E-state index contributed by atoms with van der Waals surface area (Å²) in [6.45, 7) is 1.04. The minimum absolute atomic E-state index is 0.222. The van der Waals surface area contributed by atoms with Crippen molar-refractivity contribution in [2.45, 2.75) is 11.4 Å². The van der Waals surface area contributed by atoms with E-state index in [4.69, 9.17) is 5.14 Å². The first-order chi connectivity index (χ1) is 8.97. The highest BCUT2D eigenvalue weighted by Gasteiger charge is 2.11. The van der Waals surface area contributed by atoms with Crippen LogP contribution in [0.4, 0.5) is 10.1 Å². The van der Waals surface area contributed by atoms with Gasteiger partial charge in [0.05, 0.1) is 17.1 Å². The highest BCUT2D eigenvalue weighted by molar-refractivity contribution is 7.89. The van der Waals surface area contributed by atoms with E-state index in [-0.39, 0.29) is 10.6 Å². The first-order valence-electron chi connectivity index (χ1n) is 5.50. The third-order valence-corrected chi connectivity index (χ3v) is 3.40. The molecule has 1 aromatic carbocycles. The molecule has 0 saturated heterocycles. The Morgan fingerprint density at radius 1 is 1.42 bits per heavy atom. The van der Waals surface area contributed by atoms with E-state index in [0.717, 1.165) is 6.07 Å². The van der Waals surface area contributed by atoms with E-state index < -0.39 is 15.8 Å². The van der Waals surface area contributed by atoms with Gasteiger partial charge in [-0.15, -0.1) is 0 Å². The number of anilines is 1. The number of nitrogens with one attached hydrogen (secondary N) is 1. The lowest BCUT2D eigenvalue weighted by Gasteiger charge is -2.08. The summed E-state index contributed by atoms with van der Waals surface area (Å²) in [4.78, 5) is -0.248. The van der Waals surface area contributed by atoms with Crippen LogP contribution in [0.5, 0.6) is 0 Å². The molecule has 0 atom stereocenters. The normalized spacial score (nSPS) is 11.5. The molecule has 19 heavy (non-hydrogen) atoms. The van der Waals surface area contributed by atoms with Gasteiger partial charge in [0.1, 0.15) is 5.82 Å². The summed E-state index contributed by atoms with van der Waals surface area (Å²) >= 11 is 0. The van der Waals surface area contributed by atoms with Gasteiger partial charge in [0.2, 0.25) is 10.0 Å². The van der Waals surface area contributed by atoms with E-state index >= 15 is 0 Å². The molecular formula is C11H13FN4O2S. The molecule has 0 saturated carbocycles. The van der Waals surface area contributed by atoms with Crippen molar-refractivity contribution in [3.05, 3.63) is 42.5 Å². The molecule has 6 nitrogen and oxygen atoms in total. The monoisotopic (exact) mass is 284 g/mol. The van der Waals surface area contributed by atoms with Crippen LogP contribution in [0.15, 0.2) is 41.6 Å². The molecule has 2 rings (SSSR count). The van der Waals surface area contributed by atoms with E-state index in [2.05, 4.69) is 10.4 Å². The third kappa shape index (κ3) is 3.52. The minimum Gasteiger partial charge on any atom is -0.381 e. The maximum atomic E-state index is 13.6. The summed E-state index contributed by atoms with van der Waals surface area (Å²) in [5.74, 6) is -0.660. The van der Waals surface area contributed by atoms with Gasteiger partial charge in [-0.2, -0.15) is 5.10 Å². The molecule has 1 heterocycles. The van der Waals surface area contributed by atoms with Crippen LogP contribution in [-0.2, 0) is 16.6 Å². The van der Waals surface area contributed by atoms with Crippen molar-refractivity contribution >= 4 is 15.7 Å². The second-order valence-corrected chi connectivity index (χ2v) is 5.44. The zero-order valence-electron chi connectivity index (χ0n) is 9.95. The molecule has 2 aromatic rings. The number of primary sulfonamides is 1. The van der Waals surface area contributed by atoms with Crippen molar-refractivity contribution in [3.63, 3.8) is 0 Å². The quantitative estimate of drug-likeness (QED) is 0.849. The standard InChI is InChI=1S/C11H13FN4O2S/c12-10-8-9(19(13,17)18)2-3-11(10)14-5-7-16-6-1-4-15-16/h1-4,6,8,14H,5,7H2,(H2,13,17,18). The summed E-state index contributed by atoms with van der Waals surface area (Å²) < 4.78 is 37.4. The van der Waals surface area contributed by atoms with Crippen molar-refractivity contribution in [1.29, 1.82) is 0 Å². The lowest BCUT2D eigenvalue weighted by Crippen LogP contribution is -2.14. The lowest BCUT2D eigenvalue weighted by molar-refractivity contribution is 0.592. The number of aromatic nitrogens is 2. The Kier molecular flexibility index (Phi) is 3.82. The largest absolute Gasteiger partial charge is 0.381 e. The zero-order chi connectivity index (χ0) is 13.9. The molecule has 0 radical (unpaired) electrons. The van der Waals surface area contributed by atoms with Crippen molar-refractivity contribution in [3.8, 4) is 0 Å². The number of nitrogens with zero attached hydrogens (tertiary/aromatic N) is 2. The predicted molar refractivity (Wildman–Crippen MR) is 68.5 cm³/mol. The second-order valence-electron chi connectivity index (χ2n) is 3.88. The number of halogens is 1. The molecule has 8 heteroatoms. The first kappa shape index (κ1) is 13.5. The summed E-state index contributed by atoms with van der Waals surface area (Å²) in [5, 5.41) is 11.8. The molecule has 0 aliphatic heterocycles. The van der Waals surface area contributed by atoms with Crippen LogP contribution < -0.4 is 10.5 Å². The highest BCUT2D eigenvalue weighted by atomic mass is 32.2. The van der Waals surface area contributed by atoms with Gasteiger partial charge in [-0.25, -0.2) is 17.9 Å². The van der Waals surface area contributed by atoms with Crippen molar-refractivity contribution in [2.75, 3.05) is 11.9 Å². The van der Waals surface area contributed by atoms with Crippen LogP contribution in [0, 0.1) is 5.82 Å². The lowest BCUT2D eigenvalue weighted by atomic mass is 10.3. The van der Waals surface area contributed by atoms with Crippen molar-refractivity contribution in [1.82, 2.24) is 9.78 Å². The summed E-state index contributed by atoms with van der Waals surface area (Å²) in [6, 6.07) is 5.29. The fourth-order valence-electron chi connectivity index (χ4n) is 1.55. The van der Waals surface area contributed by atoms with Crippen LogP contribution >= 0.6 is 0 Å². The van der Waals surface area contributed by atoms with Gasteiger partial charge < -0.3 is 5.32 Å². The van der Waals surface area contributed by atoms with Crippen molar-refractivity contribution < 1.29 is 12.8 Å². The van der Waals surface area contributed by atoms with Crippen LogP contribution in [-0.4, -0.2) is 24.7 Å². The van der Waals surface area contributed by atoms with Gasteiger partial charge in [0.25, 0.3) is 0 Å². The summed E-state index contributed by atoms with van der Waals surface area (Å²) in [5.41, 5.74) is 0.222. The van der Waals surface area contributed by atoms with E-state index in [9.17, 15) is 12.8 Å². The van der Waals surface area contributed by atoms with Gasteiger partial charge in [-0.05, 0) is 24.3 Å². The van der Waals surface area contributed by atoms with Crippen LogP contribution in [0.25, 0.3) is 0 Å². The topological polar surface area (TPSA) is 90.0 Å². The number of hydrogen-bond acceptors (Lipinski definition) is 4. The molecular weight excluding hydrogens is 271 g/mol. The van der Waals surface area contributed by atoms with Crippen LogP contribution in [0.2, 0.25) is 0 Å². The molecule has 1 aromatic heterocycles. The van der Waals surface area contributed by atoms with E-state index in [1.165, 1.54) is 12.1 Å². The van der Waals surface area contributed by atoms with E-state index in [0.29, 0.717) is 13.1 Å². The van der Waals surface area contributed by atoms with Gasteiger partial charge in [-0.1, -0.05) is 0 Å². The highest BCUT2D eigenvalue weighted by Crippen LogP contribution is 2.17. The molecule has 0 spiro atoms. The van der Waals surface area contributed by atoms with Gasteiger partial charge >= 0.3 is 0 Å². The Balaban J connectivity index is 2.01. The second kappa shape index (κ2) is 5.37. The van der Waals surface area contributed by atoms with Gasteiger partial charge in [0, 0.05) is 18.9 Å². The molecule has 0 aliphatic rings. The van der Waals surface area contributed by atoms with Crippen LogP contribution in [0.3, 0.4) is 0 Å². The number of benzene rings is 1. The minimum atomic E-state index is -3.88. The maximum Gasteiger partial charge on any atom is 0.238 e. The molecule has 0 bridgehead atoms. The average Bonchev–Trinajstić information content (AvgIpc) is 2.83. The molecule has 0 unspecified atom stereocenters. The van der Waals surface area contributed by atoms with Gasteiger partial charge in [-0.3, -0.25) is 4.68 Å². The smallest absolute Gasteiger partial charge is 0.238 e. The molecule has 0 fully saturated rings. The Labute approximate surface area is 110 Å². The molecule has 3 N–H and O–H groups in total. The zero-order valence-corrected chi connectivity index (χ0v) is 10.8. The Hall–Kier alpha value is -1.93. The fraction of sp³-hybridized carbons (Fsp3) is 0.182. The Morgan fingerprint density at radius 2 is 2.21 bits per heavy atom. The number of nitrogens with two attached hydrogens (primary N) is 1. The number of sulfonamides is 1. The number of rotatable bonds is 5. The average molecular weight is 284 g/mol. The first-order valence-corrected chi connectivity index (χ1v) is 7.05. The summed E-state index contributed by atoms with van der Waals surface area (Å²) in [6.07, 6.45) is 3.45. The summed E-state index contributed by atoms with van der Waals surface area (Å²) in [7, 11) is -3.88. The van der Waals surface area contributed by atoms with Crippen molar-refractivity contribution in [2.24, 2.45) is 5.14 Å². The van der Waals surface area contributed by atoms with Gasteiger partial charge in [0.15, 0.2) is 0 Å². The molecule has 0 aliphatic carbocycles. The Bertz CT molecular complexity index is 655. The third-order valence-electron chi connectivity index (χ3n) is 2.48. The fourth-order valence-corrected chi connectivity index (χ4v) is 2.08. The Morgan fingerprint density at radius 3 is 2.79 bits per heavy atom. The van der Waals surface area contributed by atoms with E-state index in [1.54, 1.807) is 23.1 Å².